The molecule has 2 aliphatic rings. The molecule has 0 bridgehead atoms. The predicted octanol–water partition coefficient (Wildman–Crippen LogP) is 3.13. The maximum absolute atomic E-state index is 12.9. The Morgan fingerprint density at radius 2 is 2.00 bits per heavy atom. The molecule has 2 aromatic rings. The van der Waals surface area contributed by atoms with Crippen LogP contribution in [0.15, 0.2) is 41.8 Å². The fraction of sp³-hybridized carbons (Fsp3) is 0.455. The van der Waals surface area contributed by atoms with Crippen molar-refractivity contribution in [1.82, 2.24) is 15.1 Å². The number of hydrogen-bond donors (Lipinski definition) is 1. The second-order valence-electron chi connectivity index (χ2n) is 7.86. The molecule has 1 saturated heterocycles. The first-order valence-corrected chi connectivity index (χ1v) is 10.9. The smallest absolute Gasteiger partial charge is 0.253 e. The van der Waals surface area contributed by atoms with Gasteiger partial charge in [0.25, 0.3) is 5.91 Å². The van der Waals surface area contributed by atoms with E-state index in [4.69, 9.17) is 0 Å². The number of thiophene rings is 1. The molecule has 1 aromatic heterocycles. The number of likely N-dealkylation sites (tertiary alicyclic amines) is 1. The van der Waals surface area contributed by atoms with Gasteiger partial charge in [0, 0.05) is 47.7 Å². The number of carbonyl (C=O) groups is 2. The minimum atomic E-state index is -0.0122. The van der Waals surface area contributed by atoms with Crippen LogP contribution in [0.5, 0.6) is 0 Å². The Bertz CT molecular complexity index is 891. The van der Waals surface area contributed by atoms with E-state index < -0.39 is 0 Å². The first kappa shape index (κ1) is 19.2. The van der Waals surface area contributed by atoms with Crippen LogP contribution in [0.25, 0.3) is 10.1 Å². The van der Waals surface area contributed by atoms with Gasteiger partial charge in [0.2, 0.25) is 5.91 Å². The number of fused-ring (bicyclic) bond motifs is 1. The average molecular weight is 398 g/mol. The van der Waals surface area contributed by atoms with Crippen molar-refractivity contribution in [3.8, 4) is 0 Å². The lowest BCUT2D eigenvalue weighted by atomic mass is 9.99. The predicted molar refractivity (Wildman–Crippen MR) is 114 cm³/mol. The number of benzene rings is 1. The van der Waals surface area contributed by atoms with Gasteiger partial charge in [-0.2, -0.15) is 0 Å². The fourth-order valence-electron chi connectivity index (χ4n) is 4.25. The minimum Gasteiger partial charge on any atom is -0.348 e. The maximum atomic E-state index is 12.9. The number of carbonyl (C=O) groups excluding carboxylic acids is 2. The Kier molecular flexibility index (Phi) is 5.78. The largest absolute Gasteiger partial charge is 0.348 e. The van der Waals surface area contributed by atoms with Gasteiger partial charge in [-0.3, -0.25) is 9.59 Å². The van der Waals surface area contributed by atoms with E-state index in [1.54, 1.807) is 11.3 Å². The highest BCUT2D eigenvalue weighted by molar-refractivity contribution is 7.17. The topological polar surface area (TPSA) is 52.7 Å². The molecular weight excluding hydrogens is 370 g/mol. The highest BCUT2D eigenvalue weighted by Crippen LogP contribution is 2.26. The fourth-order valence-corrected chi connectivity index (χ4v) is 5.19. The molecule has 3 heterocycles. The monoisotopic (exact) mass is 397 g/mol. The van der Waals surface area contributed by atoms with Crippen LogP contribution < -0.4 is 5.32 Å². The average Bonchev–Trinajstić information content (AvgIpc) is 3.06. The number of hydrogen-bond acceptors (Lipinski definition) is 4. The summed E-state index contributed by atoms with van der Waals surface area (Å²) in [6, 6.07) is 8.08. The molecular formula is C22H27N3O2S. The highest BCUT2D eigenvalue weighted by atomic mass is 32.1. The standard InChI is InChI=1S/C22H27N3O2S/c1-24-13-16(22(27)25-11-5-2-6-12-25)9-10-17(14-24)23-21(26)19-15-28-20-8-4-3-7-18(19)20/h2-5,7-8,15-17H,6,9-14H2,1H3,(H,23,26)/t16-,17+/m1/s1. The van der Waals surface area contributed by atoms with Gasteiger partial charge in [0.1, 0.15) is 0 Å². The van der Waals surface area contributed by atoms with Crippen LogP contribution in [0.3, 0.4) is 0 Å². The first-order valence-electron chi connectivity index (χ1n) is 10.0. The van der Waals surface area contributed by atoms with E-state index in [1.165, 1.54) is 0 Å². The zero-order valence-electron chi connectivity index (χ0n) is 16.3. The second-order valence-corrected chi connectivity index (χ2v) is 8.77. The van der Waals surface area contributed by atoms with E-state index in [-0.39, 0.29) is 23.8 Å². The molecule has 28 heavy (non-hydrogen) atoms. The number of nitrogens with zero attached hydrogens (tertiary/aromatic N) is 2. The second kappa shape index (κ2) is 8.45. The molecule has 5 nitrogen and oxygen atoms in total. The lowest BCUT2D eigenvalue weighted by Gasteiger charge is -2.28. The summed E-state index contributed by atoms with van der Waals surface area (Å²) in [6.07, 6.45) is 6.82. The van der Waals surface area contributed by atoms with E-state index in [1.807, 2.05) is 41.6 Å². The molecule has 0 spiro atoms. The Balaban J connectivity index is 1.40. The number of nitrogens with one attached hydrogen (secondary N) is 1. The van der Waals surface area contributed by atoms with Crippen LogP contribution in [0.2, 0.25) is 0 Å². The molecule has 0 aliphatic carbocycles. The molecule has 6 heteroatoms. The van der Waals surface area contributed by atoms with Gasteiger partial charge < -0.3 is 15.1 Å². The van der Waals surface area contributed by atoms with Gasteiger partial charge in [0.05, 0.1) is 11.5 Å². The van der Waals surface area contributed by atoms with E-state index in [0.29, 0.717) is 0 Å². The van der Waals surface area contributed by atoms with E-state index >= 15 is 0 Å². The zero-order chi connectivity index (χ0) is 19.5. The van der Waals surface area contributed by atoms with Crippen molar-refractivity contribution in [1.29, 1.82) is 0 Å². The van der Waals surface area contributed by atoms with Gasteiger partial charge in [-0.15, -0.1) is 11.3 Å². The van der Waals surface area contributed by atoms with Gasteiger partial charge in [0.15, 0.2) is 0 Å². The molecule has 148 valence electrons. The van der Waals surface area contributed by atoms with Crippen molar-refractivity contribution >= 4 is 33.2 Å². The quantitative estimate of drug-likeness (QED) is 0.810. The molecule has 0 saturated carbocycles. The van der Waals surface area contributed by atoms with Crippen molar-refractivity contribution in [2.24, 2.45) is 5.92 Å². The van der Waals surface area contributed by atoms with Crippen LogP contribution in [0.1, 0.15) is 29.6 Å². The third-order valence-corrected chi connectivity index (χ3v) is 6.67. The third kappa shape index (κ3) is 4.13. The van der Waals surface area contributed by atoms with Crippen molar-refractivity contribution in [2.45, 2.75) is 25.3 Å². The van der Waals surface area contributed by atoms with Gasteiger partial charge in [-0.05, 0) is 32.4 Å². The van der Waals surface area contributed by atoms with Crippen LogP contribution in [0, 0.1) is 5.92 Å². The first-order chi connectivity index (χ1) is 13.6. The van der Waals surface area contributed by atoms with Crippen molar-refractivity contribution < 1.29 is 9.59 Å². The molecule has 2 amide bonds. The molecule has 2 aliphatic heterocycles. The van der Waals surface area contributed by atoms with Crippen molar-refractivity contribution in [2.75, 3.05) is 33.2 Å². The van der Waals surface area contributed by atoms with Gasteiger partial charge in [-0.1, -0.05) is 30.4 Å². The normalized spacial score (nSPS) is 23.5. The number of amides is 2. The Hall–Kier alpha value is -2.18. The van der Waals surface area contributed by atoms with Gasteiger partial charge >= 0.3 is 0 Å². The highest BCUT2D eigenvalue weighted by Gasteiger charge is 2.30. The Morgan fingerprint density at radius 1 is 1.14 bits per heavy atom. The van der Waals surface area contributed by atoms with Crippen LogP contribution in [-0.4, -0.2) is 60.9 Å². The summed E-state index contributed by atoms with van der Waals surface area (Å²) in [6.45, 7) is 3.08. The van der Waals surface area contributed by atoms with Gasteiger partial charge in [-0.25, -0.2) is 0 Å². The maximum Gasteiger partial charge on any atom is 0.253 e. The number of rotatable bonds is 3. The van der Waals surface area contributed by atoms with Crippen molar-refractivity contribution in [3.63, 3.8) is 0 Å². The summed E-state index contributed by atoms with van der Waals surface area (Å²) >= 11 is 1.60. The molecule has 4 rings (SSSR count). The lowest BCUT2D eigenvalue weighted by Crippen LogP contribution is -2.43. The van der Waals surface area contributed by atoms with Crippen LogP contribution >= 0.6 is 11.3 Å². The number of likely N-dealkylation sites (N-methyl/N-ethyl adjacent to an activating group) is 1. The third-order valence-electron chi connectivity index (χ3n) is 5.71. The molecule has 1 N–H and O–H groups in total. The summed E-state index contributed by atoms with van der Waals surface area (Å²) in [7, 11) is 2.04. The Labute approximate surface area is 170 Å². The molecule has 0 unspecified atom stereocenters. The van der Waals surface area contributed by atoms with Crippen LogP contribution in [-0.2, 0) is 4.79 Å². The molecule has 1 aromatic carbocycles. The molecule has 2 atom stereocenters. The summed E-state index contributed by atoms with van der Waals surface area (Å²) in [4.78, 5) is 29.9. The Morgan fingerprint density at radius 3 is 2.82 bits per heavy atom. The molecule has 0 radical (unpaired) electrons. The van der Waals surface area contributed by atoms with E-state index in [0.717, 1.165) is 61.1 Å². The van der Waals surface area contributed by atoms with Crippen molar-refractivity contribution in [3.05, 3.63) is 47.4 Å². The van der Waals surface area contributed by atoms with Crippen LogP contribution in [0.4, 0.5) is 0 Å². The summed E-state index contributed by atoms with van der Waals surface area (Å²) < 4.78 is 1.13. The lowest BCUT2D eigenvalue weighted by molar-refractivity contribution is -0.135. The zero-order valence-corrected chi connectivity index (χ0v) is 17.1. The summed E-state index contributed by atoms with van der Waals surface area (Å²) in [5, 5.41) is 6.17. The minimum absolute atomic E-state index is 0.0122. The van der Waals surface area contributed by atoms with E-state index in [9.17, 15) is 9.59 Å². The molecule has 1 fully saturated rings. The summed E-state index contributed by atoms with van der Waals surface area (Å²) in [5.74, 6) is 0.258. The summed E-state index contributed by atoms with van der Waals surface area (Å²) in [5.41, 5.74) is 0.750. The van der Waals surface area contributed by atoms with E-state index in [2.05, 4.69) is 22.4 Å². The SMILES string of the molecule is CN1C[C@@H](NC(=O)c2csc3ccccc23)CC[C@@H](C(=O)N2CC=CCC2)C1.